The Morgan fingerprint density at radius 1 is 1.20 bits per heavy atom. The second-order valence-electron chi connectivity index (χ2n) is 7.18. The Bertz CT molecular complexity index is 842. The molecule has 1 N–H and O–H groups in total. The minimum Gasteiger partial charge on any atom is -0.436 e. The molecular weight excluding hydrogens is 342 g/mol. The third-order valence-electron chi connectivity index (χ3n) is 5.04. The highest BCUT2D eigenvalue weighted by Crippen LogP contribution is 2.29. The summed E-state index contributed by atoms with van der Waals surface area (Å²) < 4.78 is 5.71. The summed E-state index contributed by atoms with van der Waals surface area (Å²) in [7, 11) is 0. The van der Waals surface area contributed by atoms with Crippen LogP contribution in [0.4, 0.5) is 0 Å². The van der Waals surface area contributed by atoms with E-state index in [9.17, 15) is 4.79 Å². The number of carbonyl (C=O) groups excluding carboxylic acids is 1. The van der Waals surface area contributed by atoms with Gasteiger partial charge in [0.2, 0.25) is 5.89 Å². The number of hydrogen-bond donors (Lipinski definition) is 1. The SMILES string of the molecule is O=CC(=CNC12CN3CN(CN(C3)C1)C2)c1nc2cc(Cl)ccc2o1. The smallest absolute Gasteiger partial charge is 0.232 e. The van der Waals surface area contributed by atoms with Crippen LogP contribution in [0.15, 0.2) is 28.8 Å². The van der Waals surface area contributed by atoms with Crippen molar-refractivity contribution in [3.63, 3.8) is 0 Å². The summed E-state index contributed by atoms with van der Waals surface area (Å²) in [5.41, 5.74) is 1.61. The molecule has 4 aliphatic rings. The molecule has 25 heavy (non-hydrogen) atoms. The number of hydrogen-bond acceptors (Lipinski definition) is 7. The minimum atomic E-state index is -0.0572. The molecule has 4 bridgehead atoms. The minimum absolute atomic E-state index is 0.0572. The average molecular weight is 360 g/mol. The van der Waals surface area contributed by atoms with E-state index < -0.39 is 0 Å². The number of nitrogens with one attached hydrogen (secondary N) is 1. The molecular formula is C17H18ClN5O2. The van der Waals surface area contributed by atoms with Crippen molar-refractivity contribution in [2.75, 3.05) is 39.6 Å². The predicted octanol–water partition coefficient (Wildman–Crippen LogP) is 1.17. The van der Waals surface area contributed by atoms with Crippen LogP contribution in [0.3, 0.4) is 0 Å². The van der Waals surface area contributed by atoms with Gasteiger partial charge in [0.05, 0.1) is 31.1 Å². The molecule has 4 fully saturated rings. The van der Waals surface area contributed by atoms with Crippen molar-refractivity contribution < 1.29 is 9.21 Å². The number of carbonyl (C=O) groups is 1. The van der Waals surface area contributed by atoms with Crippen LogP contribution in [-0.2, 0) is 4.79 Å². The summed E-state index contributed by atoms with van der Waals surface area (Å²) in [6.45, 7) is 6.01. The third-order valence-corrected chi connectivity index (χ3v) is 5.27. The number of nitrogens with zero attached hydrogens (tertiary/aromatic N) is 4. The van der Waals surface area contributed by atoms with Crippen LogP contribution >= 0.6 is 11.6 Å². The Hall–Kier alpha value is -1.93. The largest absolute Gasteiger partial charge is 0.436 e. The molecule has 5 heterocycles. The third kappa shape index (κ3) is 2.64. The van der Waals surface area contributed by atoms with Crippen molar-refractivity contribution in [2.45, 2.75) is 5.54 Å². The lowest BCUT2D eigenvalue weighted by atomic mass is 9.91. The summed E-state index contributed by atoms with van der Waals surface area (Å²) in [5.74, 6) is 0.311. The Labute approximate surface area is 149 Å². The Morgan fingerprint density at radius 3 is 2.52 bits per heavy atom. The highest BCUT2D eigenvalue weighted by atomic mass is 35.5. The van der Waals surface area contributed by atoms with Gasteiger partial charge in [-0.15, -0.1) is 0 Å². The van der Waals surface area contributed by atoms with Gasteiger partial charge < -0.3 is 9.73 Å². The van der Waals surface area contributed by atoms with Crippen molar-refractivity contribution in [1.29, 1.82) is 0 Å². The van der Waals surface area contributed by atoms with Crippen LogP contribution in [0.2, 0.25) is 5.02 Å². The van der Waals surface area contributed by atoms with Gasteiger partial charge >= 0.3 is 0 Å². The molecule has 2 aromatic rings. The van der Waals surface area contributed by atoms with Crippen LogP contribution in [0.5, 0.6) is 0 Å². The highest BCUT2D eigenvalue weighted by molar-refractivity contribution is 6.31. The van der Waals surface area contributed by atoms with E-state index in [1.165, 1.54) is 0 Å². The number of benzene rings is 1. The molecule has 4 aliphatic heterocycles. The first-order valence-corrected chi connectivity index (χ1v) is 8.67. The van der Waals surface area contributed by atoms with Crippen LogP contribution in [0.1, 0.15) is 5.89 Å². The fourth-order valence-corrected chi connectivity index (χ4v) is 4.42. The summed E-state index contributed by atoms with van der Waals surface area (Å²) >= 11 is 5.99. The van der Waals surface area contributed by atoms with Crippen molar-refractivity contribution in [3.8, 4) is 0 Å². The maximum atomic E-state index is 11.6. The molecule has 130 valence electrons. The van der Waals surface area contributed by atoms with Gasteiger partial charge in [0.25, 0.3) is 0 Å². The number of oxazole rings is 1. The van der Waals surface area contributed by atoms with Gasteiger partial charge in [0.1, 0.15) is 5.52 Å². The van der Waals surface area contributed by atoms with Crippen molar-refractivity contribution in [2.24, 2.45) is 0 Å². The molecule has 0 radical (unpaired) electrons. The van der Waals surface area contributed by atoms with Crippen molar-refractivity contribution >= 4 is 34.6 Å². The standard InChI is InChI=1S/C17H18ClN5O2/c18-13-1-2-15-14(3-13)20-16(25-15)12(5-24)4-19-17-6-21-9-22(7-17)11-23(8-17)10-21/h1-5,19H,6-11H2. The summed E-state index contributed by atoms with van der Waals surface area (Å²) in [4.78, 5) is 23.2. The molecule has 7 nitrogen and oxygen atoms in total. The molecule has 0 spiro atoms. The number of allylic oxidation sites excluding steroid dienone is 1. The molecule has 0 unspecified atom stereocenters. The van der Waals surface area contributed by atoms with Gasteiger partial charge in [-0.3, -0.25) is 19.5 Å². The van der Waals surface area contributed by atoms with E-state index in [4.69, 9.17) is 16.0 Å². The van der Waals surface area contributed by atoms with E-state index in [0.29, 0.717) is 27.6 Å². The number of aromatic nitrogens is 1. The predicted molar refractivity (Wildman–Crippen MR) is 93.6 cm³/mol. The number of rotatable bonds is 4. The van der Waals surface area contributed by atoms with Crippen LogP contribution < -0.4 is 5.32 Å². The van der Waals surface area contributed by atoms with Crippen molar-refractivity contribution in [3.05, 3.63) is 35.3 Å². The van der Waals surface area contributed by atoms with Crippen LogP contribution in [0.25, 0.3) is 16.7 Å². The van der Waals surface area contributed by atoms with Crippen LogP contribution in [0, 0.1) is 0 Å². The molecule has 0 saturated carbocycles. The van der Waals surface area contributed by atoms with E-state index >= 15 is 0 Å². The lowest BCUT2D eigenvalue weighted by Gasteiger charge is -2.60. The molecule has 0 amide bonds. The zero-order chi connectivity index (χ0) is 17.0. The summed E-state index contributed by atoms with van der Waals surface area (Å²) in [6.07, 6.45) is 2.52. The maximum absolute atomic E-state index is 11.6. The van der Waals surface area contributed by atoms with Gasteiger partial charge in [-0.05, 0) is 18.2 Å². The van der Waals surface area contributed by atoms with Gasteiger partial charge in [0, 0.05) is 30.9 Å². The highest BCUT2D eigenvalue weighted by Gasteiger charge is 2.48. The Kier molecular flexibility index (Phi) is 3.40. The number of fused-ring (bicyclic) bond motifs is 1. The molecule has 1 aromatic heterocycles. The number of halogens is 1. The topological polar surface area (TPSA) is 64.9 Å². The zero-order valence-electron chi connectivity index (χ0n) is 13.6. The molecule has 1 aromatic carbocycles. The Balaban J connectivity index is 1.43. The number of aldehydes is 1. The first kappa shape index (κ1) is 15.3. The van der Waals surface area contributed by atoms with Crippen LogP contribution in [-0.4, -0.2) is 71.1 Å². The first-order chi connectivity index (χ1) is 12.1. The maximum Gasteiger partial charge on any atom is 0.232 e. The van der Waals surface area contributed by atoms with Crippen molar-refractivity contribution in [1.82, 2.24) is 25.0 Å². The lowest BCUT2D eigenvalue weighted by molar-refractivity contribution is -0.146. The molecule has 0 aliphatic carbocycles. The summed E-state index contributed by atoms with van der Waals surface area (Å²) in [6, 6.07) is 5.23. The van der Waals surface area contributed by atoms with Gasteiger partial charge in [-0.25, -0.2) is 4.98 Å². The van der Waals surface area contributed by atoms with Gasteiger partial charge in [0.15, 0.2) is 11.9 Å². The molecule has 8 heteroatoms. The fraction of sp³-hybridized carbons (Fsp3) is 0.412. The lowest BCUT2D eigenvalue weighted by Crippen LogP contribution is -2.79. The first-order valence-electron chi connectivity index (χ1n) is 8.29. The fourth-order valence-electron chi connectivity index (χ4n) is 4.25. The van der Waals surface area contributed by atoms with E-state index in [-0.39, 0.29) is 5.54 Å². The summed E-state index contributed by atoms with van der Waals surface area (Å²) in [5, 5.41) is 4.08. The monoisotopic (exact) mass is 359 g/mol. The van der Waals surface area contributed by atoms with E-state index in [2.05, 4.69) is 25.0 Å². The van der Waals surface area contributed by atoms with E-state index in [1.807, 2.05) is 0 Å². The zero-order valence-corrected chi connectivity index (χ0v) is 14.4. The molecule has 6 rings (SSSR count). The second-order valence-corrected chi connectivity index (χ2v) is 7.62. The van der Waals surface area contributed by atoms with E-state index in [0.717, 1.165) is 45.9 Å². The second kappa shape index (κ2) is 5.54. The van der Waals surface area contributed by atoms with E-state index in [1.54, 1.807) is 24.4 Å². The van der Waals surface area contributed by atoms with Gasteiger partial charge in [-0.1, -0.05) is 11.6 Å². The Morgan fingerprint density at radius 2 is 1.88 bits per heavy atom. The average Bonchev–Trinajstić information content (AvgIpc) is 2.97. The molecule has 4 saturated heterocycles. The molecule has 0 atom stereocenters. The van der Waals surface area contributed by atoms with Gasteiger partial charge in [-0.2, -0.15) is 0 Å². The normalized spacial score (nSPS) is 33.8. The quantitative estimate of drug-likeness (QED) is 0.649.